The Morgan fingerprint density at radius 1 is 1.32 bits per heavy atom. The van der Waals surface area contributed by atoms with Gasteiger partial charge in [0.15, 0.2) is 23.0 Å². The van der Waals surface area contributed by atoms with E-state index in [2.05, 4.69) is 0 Å². The fourth-order valence-corrected chi connectivity index (χ4v) is 7.17. The van der Waals surface area contributed by atoms with Crippen molar-refractivity contribution in [3.8, 4) is 0 Å². The van der Waals surface area contributed by atoms with Crippen LogP contribution in [0.3, 0.4) is 0 Å². The van der Waals surface area contributed by atoms with Crippen LogP contribution in [0.1, 0.15) is 46.5 Å². The maximum Gasteiger partial charge on any atom is 0.184 e. The third-order valence-corrected chi connectivity index (χ3v) is 8.77. The van der Waals surface area contributed by atoms with Crippen LogP contribution in [-0.2, 0) is 14.4 Å². The number of Topliss-reactive ketones (excluding diaryl/α,β-unsaturated/α-hetero) is 2. The lowest BCUT2D eigenvalue weighted by atomic mass is 9.45. The van der Waals surface area contributed by atoms with Gasteiger partial charge in [0.1, 0.15) is 5.60 Å². The van der Waals surface area contributed by atoms with E-state index in [1.807, 2.05) is 0 Å². The maximum absolute atomic E-state index is 16.8. The third-order valence-electron chi connectivity index (χ3n) is 8.53. The second-order valence-corrected chi connectivity index (χ2v) is 9.82. The maximum atomic E-state index is 16.8. The normalized spacial score (nSPS) is 49.9. The van der Waals surface area contributed by atoms with Gasteiger partial charge in [-0.15, -0.1) is 11.6 Å². The molecule has 152 valence electrons. The molecule has 0 aromatic rings. The Bertz CT molecular complexity index is 849. The number of allylic oxidation sites excluding steroid dienone is 4. The quantitative estimate of drug-likeness (QED) is 0.711. The first kappa shape index (κ1) is 20.0. The van der Waals surface area contributed by atoms with Gasteiger partial charge in [-0.2, -0.15) is 0 Å². The highest BCUT2D eigenvalue weighted by Crippen LogP contribution is 2.69. The summed E-state index contributed by atoms with van der Waals surface area (Å²) in [6.45, 7) is 5.23. The molecule has 28 heavy (non-hydrogen) atoms. The average molecular weight is 409 g/mol. The van der Waals surface area contributed by atoms with E-state index < -0.39 is 45.5 Å². The highest BCUT2D eigenvalue weighted by molar-refractivity contribution is 6.29. The molecule has 0 bridgehead atoms. The molecule has 1 unspecified atom stereocenters. The Labute approximate surface area is 169 Å². The van der Waals surface area contributed by atoms with Crippen LogP contribution >= 0.6 is 11.6 Å². The van der Waals surface area contributed by atoms with Crippen molar-refractivity contribution in [2.75, 3.05) is 5.88 Å². The molecule has 7 atom stereocenters. The molecule has 3 saturated carbocycles. The Kier molecular flexibility index (Phi) is 4.17. The molecule has 0 aliphatic heterocycles. The monoisotopic (exact) mass is 408 g/mol. The summed E-state index contributed by atoms with van der Waals surface area (Å²) < 4.78 is 16.8. The number of hydrogen-bond acceptors (Lipinski definition) is 4. The molecule has 0 heterocycles. The predicted molar refractivity (Wildman–Crippen MR) is 103 cm³/mol. The Hall–Kier alpha value is -1.33. The summed E-state index contributed by atoms with van der Waals surface area (Å²) in [5.41, 5.74) is -5.42. The van der Waals surface area contributed by atoms with Crippen LogP contribution in [-0.4, -0.2) is 39.6 Å². The molecular weight excluding hydrogens is 383 g/mol. The van der Waals surface area contributed by atoms with E-state index >= 15 is 4.39 Å². The van der Waals surface area contributed by atoms with Crippen LogP contribution in [0, 0.1) is 28.6 Å². The molecular formula is C22H26ClFO4. The second kappa shape index (κ2) is 5.85. The van der Waals surface area contributed by atoms with Gasteiger partial charge >= 0.3 is 0 Å². The van der Waals surface area contributed by atoms with E-state index in [0.29, 0.717) is 24.8 Å². The summed E-state index contributed by atoms with van der Waals surface area (Å²) in [4.78, 5) is 37.8. The Balaban J connectivity index is 1.85. The fourth-order valence-electron chi connectivity index (χ4n) is 6.97. The molecule has 6 heteroatoms. The van der Waals surface area contributed by atoms with Crippen LogP contribution in [0.5, 0.6) is 0 Å². The lowest BCUT2D eigenvalue weighted by Crippen LogP contribution is -2.68. The van der Waals surface area contributed by atoms with Gasteiger partial charge in [0, 0.05) is 23.2 Å². The lowest BCUT2D eigenvalue weighted by Gasteiger charge is -2.59. The standard InChI is InChI=1S/C22H26ClFO4/c1-12-8-16-15-5-4-13-9-14(25)6-7-19(13,2)21(15,24)17(26)10-20(16,3)22(12,28)18(27)11-23/h6-7,9,12,15-16,28H,4-5,8,10-11H2,1-3H3/t12?,15-,16-,19-,20-,21-,22-/m0/s1. The van der Waals surface area contributed by atoms with Crippen molar-refractivity contribution in [2.45, 2.75) is 57.7 Å². The van der Waals surface area contributed by atoms with Crippen LogP contribution < -0.4 is 0 Å². The highest BCUT2D eigenvalue weighted by atomic mass is 35.5. The van der Waals surface area contributed by atoms with Gasteiger partial charge in [-0.3, -0.25) is 14.4 Å². The van der Waals surface area contributed by atoms with Gasteiger partial charge in [-0.05, 0) is 50.2 Å². The number of rotatable bonds is 2. The van der Waals surface area contributed by atoms with E-state index in [0.717, 1.165) is 0 Å². The molecule has 0 aromatic carbocycles. The van der Waals surface area contributed by atoms with Crippen LogP contribution in [0.2, 0.25) is 0 Å². The van der Waals surface area contributed by atoms with Crippen molar-refractivity contribution in [3.63, 3.8) is 0 Å². The van der Waals surface area contributed by atoms with Gasteiger partial charge in [0.05, 0.1) is 5.88 Å². The van der Waals surface area contributed by atoms with E-state index in [1.54, 1.807) is 26.8 Å². The number of hydrogen-bond donors (Lipinski definition) is 1. The summed E-state index contributed by atoms with van der Waals surface area (Å²) in [7, 11) is 0. The molecule has 0 saturated heterocycles. The number of carbonyl (C=O) groups excluding carboxylic acids is 3. The molecule has 0 spiro atoms. The molecule has 0 radical (unpaired) electrons. The first-order valence-electron chi connectivity index (χ1n) is 9.95. The third kappa shape index (κ3) is 2.02. The smallest absolute Gasteiger partial charge is 0.184 e. The molecule has 4 rings (SSSR count). The van der Waals surface area contributed by atoms with Crippen LogP contribution in [0.15, 0.2) is 23.8 Å². The number of carbonyl (C=O) groups is 3. The van der Waals surface area contributed by atoms with Crippen molar-refractivity contribution in [1.82, 2.24) is 0 Å². The van der Waals surface area contributed by atoms with E-state index in [4.69, 9.17) is 11.6 Å². The van der Waals surface area contributed by atoms with Crippen molar-refractivity contribution in [1.29, 1.82) is 0 Å². The minimum Gasteiger partial charge on any atom is -0.381 e. The minimum absolute atomic E-state index is 0.181. The number of alkyl halides is 2. The lowest BCUT2D eigenvalue weighted by molar-refractivity contribution is -0.185. The zero-order valence-corrected chi connectivity index (χ0v) is 17.2. The zero-order valence-electron chi connectivity index (χ0n) is 16.4. The first-order valence-corrected chi connectivity index (χ1v) is 10.5. The largest absolute Gasteiger partial charge is 0.381 e. The number of ketones is 3. The van der Waals surface area contributed by atoms with Gasteiger partial charge in [0.2, 0.25) is 0 Å². The summed E-state index contributed by atoms with van der Waals surface area (Å²) in [5, 5.41) is 11.4. The van der Waals surface area contributed by atoms with Crippen molar-refractivity contribution >= 4 is 29.0 Å². The van der Waals surface area contributed by atoms with Crippen molar-refractivity contribution < 1.29 is 23.9 Å². The van der Waals surface area contributed by atoms with Crippen molar-refractivity contribution in [3.05, 3.63) is 23.8 Å². The van der Waals surface area contributed by atoms with Crippen LogP contribution in [0.25, 0.3) is 0 Å². The Morgan fingerprint density at radius 2 is 2.00 bits per heavy atom. The van der Waals surface area contributed by atoms with E-state index in [1.165, 1.54) is 12.2 Å². The fraction of sp³-hybridized carbons (Fsp3) is 0.682. The zero-order chi connectivity index (χ0) is 20.7. The SMILES string of the molecule is CC1C[C@H]2[C@@H]3CCC4=CC(=O)C=C[C@]4(C)[C@@]3(F)C(=O)C[C@]2(C)[C@@]1(O)C(=O)CCl. The molecule has 0 aromatic heterocycles. The highest BCUT2D eigenvalue weighted by Gasteiger charge is 2.75. The summed E-state index contributed by atoms with van der Waals surface area (Å²) >= 11 is 5.79. The summed E-state index contributed by atoms with van der Waals surface area (Å²) in [5.74, 6) is -2.92. The molecule has 1 N–H and O–H groups in total. The topological polar surface area (TPSA) is 71.4 Å². The number of halogens is 2. The number of fused-ring (bicyclic) bond motifs is 5. The van der Waals surface area contributed by atoms with Crippen LogP contribution in [0.4, 0.5) is 4.39 Å². The summed E-state index contributed by atoms with van der Waals surface area (Å²) in [6.07, 6.45) is 5.56. The first-order chi connectivity index (χ1) is 13.0. The molecule has 3 fully saturated rings. The van der Waals surface area contributed by atoms with Crippen molar-refractivity contribution in [2.24, 2.45) is 28.6 Å². The van der Waals surface area contributed by atoms with Gasteiger partial charge in [-0.1, -0.05) is 25.5 Å². The predicted octanol–water partition coefficient (Wildman–Crippen LogP) is 3.35. The summed E-state index contributed by atoms with van der Waals surface area (Å²) in [6, 6.07) is 0. The van der Waals surface area contributed by atoms with E-state index in [-0.39, 0.29) is 24.0 Å². The second-order valence-electron chi connectivity index (χ2n) is 9.55. The molecule has 4 aliphatic carbocycles. The van der Waals surface area contributed by atoms with Gasteiger partial charge in [0.25, 0.3) is 0 Å². The average Bonchev–Trinajstić information content (AvgIpc) is 2.84. The van der Waals surface area contributed by atoms with E-state index in [9.17, 15) is 19.5 Å². The van der Waals surface area contributed by atoms with Gasteiger partial charge < -0.3 is 5.11 Å². The molecule has 0 amide bonds. The number of aliphatic hydroxyl groups is 1. The Morgan fingerprint density at radius 3 is 2.64 bits per heavy atom. The minimum atomic E-state index is -2.15. The van der Waals surface area contributed by atoms with Gasteiger partial charge in [-0.25, -0.2) is 4.39 Å². The molecule has 4 aliphatic rings. The molecule has 4 nitrogen and oxygen atoms in total.